The first kappa shape index (κ1) is 38.8. The van der Waals surface area contributed by atoms with E-state index < -0.39 is 0 Å². The Morgan fingerprint density at radius 3 is 1.36 bits per heavy atom. The van der Waals surface area contributed by atoms with Crippen molar-refractivity contribution in [3.63, 3.8) is 0 Å². The van der Waals surface area contributed by atoms with Crippen molar-refractivity contribution >= 4 is 97.1 Å². The van der Waals surface area contributed by atoms with Crippen molar-refractivity contribution in [2.45, 2.75) is 0 Å². The Kier molecular flexibility index (Phi) is 8.36. The molecule has 8 nitrogen and oxygen atoms in total. The largest absolute Gasteiger partial charge is 0.309 e. The maximum atomic E-state index is 5.25. The number of thiophene rings is 1. The predicted molar refractivity (Wildman–Crippen MR) is 288 cm³/mol. The van der Waals surface area contributed by atoms with E-state index in [9.17, 15) is 0 Å². The van der Waals surface area contributed by atoms with Crippen molar-refractivity contribution in [3.8, 4) is 51.5 Å². The molecule has 0 unspecified atom stereocenters. The second kappa shape index (κ2) is 15.1. The molecule has 15 rings (SSSR count). The highest BCUT2D eigenvalue weighted by Crippen LogP contribution is 2.41. The van der Waals surface area contributed by atoms with Gasteiger partial charge < -0.3 is 9.13 Å². The molecule has 326 valence electrons. The molecule has 9 aromatic carbocycles. The summed E-state index contributed by atoms with van der Waals surface area (Å²) in [5, 5.41) is 9.26. The van der Waals surface area contributed by atoms with Gasteiger partial charge in [-0.3, -0.25) is 4.57 Å². The minimum Gasteiger partial charge on any atom is -0.309 e. The molecule has 0 atom stereocenters. The van der Waals surface area contributed by atoms with Gasteiger partial charge >= 0.3 is 0 Å². The molecule has 0 bridgehead atoms. The van der Waals surface area contributed by atoms with E-state index >= 15 is 0 Å². The Bertz CT molecular complexity index is 4490. The van der Waals surface area contributed by atoms with Crippen LogP contribution in [0, 0.1) is 0 Å². The van der Waals surface area contributed by atoms with Crippen LogP contribution in [0.3, 0.4) is 0 Å². The first-order valence-corrected chi connectivity index (χ1v) is 24.1. The molecule has 15 aromatic rings. The van der Waals surface area contributed by atoms with E-state index in [1.807, 2.05) is 66.9 Å². The number of nitrogens with zero attached hydrogens (tertiary/aromatic N) is 8. The maximum absolute atomic E-state index is 5.25. The summed E-state index contributed by atoms with van der Waals surface area (Å²) in [7, 11) is 0. The first-order chi connectivity index (χ1) is 34.7. The molecule has 0 aliphatic rings. The average molecular weight is 913 g/mol. The number of para-hydroxylation sites is 4. The third-order valence-corrected chi connectivity index (χ3v) is 14.9. The van der Waals surface area contributed by atoms with Gasteiger partial charge in [0.1, 0.15) is 4.83 Å². The Morgan fingerprint density at radius 1 is 0.300 bits per heavy atom. The average Bonchev–Trinajstić information content (AvgIpc) is 4.17. The molecule has 0 saturated heterocycles. The van der Waals surface area contributed by atoms with Crippen LogP contribution < -0.4 is 0 Å². The third-order valence-electron chi connectivity index (χ3n) is 13.8. The van der Waals surface area contributed by atoms with Crippen LogP contribution in [0.2, 0.25) is 0 Å². The highest BCUT2D eigenvalue weighted by Gasteiger charge is 2.21. The van der Waals surface area contributed by atoms with Crippen molar-refractivity contribution in [2.24, 2.45) is 0 Å². The van der Waals surface area contributed by atoms with Crippen molar-refractivity contribution < 1.29 is 0 Å². The monoisotopic (exact) mass is 912 g/mol. The highest BCUT2D eigenvalue weighted by molar-refractivity contribution is 7.25. The lowest BCUT2D eigenvalue weighted by atomic mass is 10.1. The third kappa shape index (κ3) is 5.85. The Morgan fingerprint density at radius 2 is 0.757 bits per heavy atom. The minimum absolute atomic E-state index is 0.555. The smallest absolute Gasteiger partial charge is 0.238 e. The number of hydrogen-bond acceptors (Lipinski definition) is 6. The molecular formula is C61H36N8S. The summed E-state index contributed by atoms with van der Waals surface area (Å²) in [5.41, 5.74) is 11.7. The molecule has 0 saturated carbocycles. The second-order valence-electron chi connectivity index (χ2n) is 17.7. The van der Waals surface area contributed by atoms with E-state index in [-0.39, 0.29) is 0 Å². The number of rotatable bonds is 6. The van der Waals surface area contributed by atoms with E-state index in [4.69, 9.17) is 24.9 Å². The molecule has 0 N–H and O–H groups in total. The van der Waals surface area contributed by atoms with Gasteiger partial charge in [-0.2, -0.15) is 9.97 Å². The van der Waals surface area contributed by atoms with Crippen molar-refractivity contribution in [2.75, 3.05) is 0 Å². The van der Waals surface area contributed by atoms with Crippen LogP contribution in [0.25, 0.3) is 137 Å². The summed E-state index contributed by atoms with van der Waals surface area (Å²) < 4.78 is 8.10. The zero-order chi connectivity index (χ0) is 45.9. The van der Waals surface area contributed by atoms with E-state index in [0.717, 1.165) is 76.5 Å². The fourth-order valence-corrected chi connectivity index (χ4v) is 11.7. The zero-order valence-electron chi connectivity index (χ0n) is 37.3. The van der Waals surface area contributed by atoms with Crippen LogP contribution in [0.4, 0.5) is 0 Å². The van der Waals surface area contributed by atoms with Gasteiger partial charge in [0, 0.05) is 82.1 Å². The van der Waals surface area contributed by atoms with E-state index in [0.29, 0.717) is 23.4 Å². The summed E-state index contributed by atoms with van der Waals surface area (Å²) in [6.45, 7) is 0. The summed E-state index contributed by atoms with van der Waals surface area (Å²) in [6, 6.07) is 74.8. The van der Waals surface area contributed by atoms with Gasteiger partial charge in [0.05, 0.1) is 33.1 Å². The topological polar surface area (TPSA) is 79.2 Å². The van der Waals surface area contributed by atoms with Crippen LogP contribution in [-0.4, -0.2) is 38.6 Å². The van der Waals surface area contributed by atoms with Gasteiger partial charge in [0.25, 0.3) is 0 Å². The summed E-state index contributed by atoms with van der Waals surface area (Å²) >= 11 is 1.70. The van der Waals surface area contributed by atoms with Crippen LogP contribution >= 0.6 is 11.3 Å². The predicted octanol–water partition coefficient (Wildman–Crippen LogP) is 15.3. The lowest BCUT2D eigenvalue weighted by molar-refractivity contribution is 0.953. The van der Waals surface area contributed by atoms with Gasteiger partial charge in [-0.15, -0.1) is 11.3 Å². The lowest BCUT2D eigenvalue weighted by Crippen LogP contribution is -2.06. The lowest BCUT2D eigenvalue weighted by Gasteiger charge is -2.11. The molecule has 0 radical (unpaired) electrons. The quantitative estimate of drug-likeness (QED) is 0.166. The number of hydrogen-bond donors (Lipinski definition) is 0. The SMILES string of the molecule is c1ccc(-c2nc(-c3ccccc3)nc(-n3c4ccccc4c4cc(-c5ncc6c(n5)sc5ccc(-n7c8ccccc8c8cc(-n9c%10ccccc%10c%10ccccc%109)ccc87)cc56)ccc43)n2)cc1. The van der Waals surface area contributed by atoms with E-state index in [1.165, 1.54) is 37.3 Å². The first-order valence-electron chi connectivity index (χ1n) is 23.3. The van der Waals surface area contributed by atoms with Crippen molar-refractivity contribution in [3.05, 3.63) is 219 Å². The number of aromatic nitrogens is 8. The van der Waals surface area contributed by atoms with Crippen LogP contribution in [0.1, 0.15) is 0 Å². The Balaban J connectivity index is 0.835. The zero-order valence-corrected chi connectivity index (χ0v) is 38.1. The molecular weight excluding hydrogens is 877 g/mol. The molecule has 0 fully saturated rings. The van der Waals surface area contributed by atoms with Gasteiger partial charge in [-0.05, 0) is 78.9 Å². The maximum Gasteiger partial charge on any atom is 0.238 e. The Labute approximate surface area is 403 Å². The van der Waals surface area contributed by atoms with Crippen LogP contribution in [0.5, 0.6) is 0 Å². The number of benzene rings is 9. The summed E-state index contributed by atoms with van der Waals surface area (Å²) in [5.74, 6) is 2.46. The molecule has 6 heterocycles. The van der Waals surface area contributed by atoms with Gasteiger partial charge in [-0.25, -0.2) is 15.0 Å². The minimum atomic E-state index is 0.555. The van der Waals surface area contributed by atoms with Gasteiger partial charge in [-0.1, -0.05) is 133 Å². The summed E-state index contributed by atoms with van der Waals surface area (Å²) in [4.78, 5) is 26.4. The molecule has 70 heavy (non-hydrogen) atoms. The summed E-state index contributed by atoms with van der Waals surface area (Å²) in [6.07, 6.45) is 2.00. The molecule has 9 heteroatoms. The van der Waals surface area contributed by atoms with Gasteiger partial charge in [0.15, 0.2) is 17.5 Å². The van der Waals surface area contributed by atoms with Crippen molar-refractivity contribution in [1.29, 1.82) is 0 Å². The fraction of sp³-hybridized carbons (Fsp3) is 0. The number of fused-ring (bicyclic) bond motifs is 12. The van der Waals surface area contributed by atoms with E-state index in [2.05, 4.69) is 165 Å². The molecule has 6 aromatic heterocycles. The van der Waals surface area contributed by atoms with Crippen LogP contribution in [0.15, 0.2) is 219 Å². The fourth-order valence-electron chi connectivity index (χ4n) is 10.6. The molecule has 0 spiro atoms. The molecule has 0 amide bonds. The molecule has 0 aliphatic heterocycles. The van der Waals surface area contributed by atoms with E-state index in [1.54, 1.807) is 11.3 Å². The standard InChI is InChI=1S/C61H36N8S/c1-3-15-37(16-4-1)58-63-59(38-17-5-2-6-18-38)66-61(65-58)69-53-26-14-10-21-44(53)46-33-39(27-30-55(46)69)57-62-36-49-48-35-41(29-32-56(48)70-60(49)64-57)68-52-25-13-9-22-45(52)47-34-40(28-31-54(47)68)67-50-23-11-7-19-42(50)43-20-8-12-24-51(43)67/h1-36H. The van der Waals surface area contributed by atoms with Crippen molar-refractivity contribution in [1.82, 2.24) is 38.6 Å². The normalized spacial score (nSPS) is 12.0. The second-order valence-corrected chi connectivity index (χ2v) is 18.7. The highest BCUT2D eigenvalue weighted by atomic mass is 32.1. The molecule has 0 aliphatic carbocycles. The Hall–Kier alpha value is -9.31. The van der Waals surface area contributed by atoms with Gasteiger partial charge in [0.2, 0.25) is 5.95 Å². The van der Waals surface area contributed by atoms with Crippen LogP contribution in [-0.2, 0) is 0 Å².